The average Bonchev–Trinajstić information content (AvgIpc) is 2.62. The van der Waals surface area contributed by atoms with E-state index in [1.165, 1.54) is 77.0 Å². The molecular weight excluding hydrogens is 326 g/mol. The fraction of sp³-hybridized carbons (Fsp3) is 0.909. The Morgan fingerprint density at radius 1 is 0.615 bits per heavy atom. The maximum absolute atomic E-state index is 10.4. The lowest BCUT2D eigenvalue weighted by molar-refractivity contribution is -0.137. The van der Waals surface area contributed by atoms with Crippen LogP contribution in [0.5, 0.6) is 0 Å². The second-order valence-corrected chi connectivity index (χ2v) is 7.51. The van der Waals surface area contributed by atoms with Gasteiger partial charge in [-0.25, -0.2) is 0 Å². The summed E-state index contributed by atoms with van der Waals surface area (Å²) in [5.41, 5.74) is 0. The molecule has 0 saturated carbocycles. The van der Waals surface area contributed by atoms with Gasteiger partial charge < -0.3 is 15.2 Å². The number of carboxylic acid groups (broad SMARTS) is 1. The topological polar surface area (TPSA) is 66.4 Å². The number of nitrogens with one attached hydrogen (secondary N) is 1. The zero-order valence-corrected chi connectivity index (χ0v) is 17.0. The number of carbonyl (C=O) groups is 2. The van der Waals surface area contributed by atoms with Gasteiger partial charge in [0.2, 0.25) is 0 Å². The molecule has 0 bridgehead atoms. The van der Waals surface area contributed by atoms with Crippen molar-refractivity contribution in [3.63, 3.8) is 0 Å². The first-order chi connectivity index (χ1) is 12.8. The molecule has 0 aliphatic carbocycles. The maximum atomic E-state index is 10.4. The van der Waals surface area contributed by atoms with Crippen molar-refractivity contribution in [2.75, 3.05) is 13.1 Å². The van der Waals surface area contributed by atoms with E-state index in [0.717, 1.165) is 51.5 Å². The number of aldehydes is 1. The molecule has 2 N–H and O–H groups in total. The van der Waals surface area contributed by atoms with Crippen LogP contribution in [0.15, 0.2) is 0 Å². The van der Waals surface area contributed by atoms with Crippen molar-refractivity contribution in [1.29, 1.82) is 0 Å². The zero-order chi connectivity index (χ0) is 19.1. The van der Waals surface area contributed by atoms with Crippen LogP contribution in [0.25, 0.3) is 0 Å². The third kappa shape index (κ3) is 23.1. The molecule has 0 unspecified atom stereocenters. The molecule has 0 rings (SSSR count). The molecule has 0 spiro atoms. The predicted molar refractivity (Wildman–Crippen MR) is 110 cm³/mol. The molecule has 0 aromatic heterocycles. The van der Waals surface area contributed by atoms with Crippen molar-refractivity contribution in [2.24, 2.45) is 0 Å². The molecule has 0 aromatic rings. The summed E-state index contributed by atoms with van der Waals surface area (Å²) in [6.45, 7) is 2.13. The Bertz CT molecular complexity index is 308. The van der Waals surface area contributed by atoms with Crippen molar-refractivity contribution < 1.29 is 14.7 Å². The first kappa shape index (κ1) is 25.1. The lowest BCUT2D eigenvalue weighted by atomic mass is 10.0. The van der Waals surface area contributed by atoms with E-state index in [-0.39, 0.29) is 0 Å². The van der Waals surface area contributed by atoms with Crippen molar-refractivity contribution >= 4 is 12.3 Å². The summed E-state index contributed by atoms with van der Waals surface area (Å²) in [4.78, 5) is 20.6. The normalized spacial score (nSPS) is 10.9. The van der Waals surface area contributed by atoms with Crippen LogP contribution in [0.3, 0.4) is 0 Å². The van der Waals surface area contributed by atoms with Gasteiger partial charge in [0.15, 0.2) is 0 Å². The minimum absolute atomic E-state index is 0.308. The first-order valence-corrected chi connectivity index (χ1v) is 11.1. The van der Waals surface area contributed by atoms with Gasteiger partial charge in [-0.05, 0) is 38.8 Å². The number of unbranched alkanes of at least 4 members (excludes halogenated alkanes) is 15. The molecule has 26 heavy (non-hydrogen) atoms. The third-order valence-electron chi connectivity index (χ3n) is 4.92. The van der Waals surface area contributed by atoms with E-state index in [1.54, 1.807) is 0 Å². The predicted octanol–water partition coefficient (Wildman–Crippen LogP) is 5.88. The quantitative estimate of drug-likeness (QED) is 0.185. The number of carboxylic acids is 1. The summed E-state index contributed by atoms with van der Waals surface area (Å²) in [7, 11) is 0. The molecule has 0 aromatic carbocycles. The van der Waals surface area contributed by atoms with E-state index < -0.39 is 5.97 Å². The summed E-state index contributed by atoms with van der Waals surface area (Å²) in [5.74, 6) is -0.680. The Balaban J connectivity index is 2.99. The van der Waals surface area contributed by atoms with E-state index in [4.69, 9.17) is 5.11 Å². The molecule has 0 radical (unpaired) electrons. The van der Waals surface area contributed by atoms with Crippen molar-refractivity contribution in [1.82, 2.24) is 5.32 Å². The molecule has 0 heterocycles. The van der Waals surface area contributed by atoms with E-state index in [2.05, 4.69) is 5.32 Å². The summed E-state index contributed by atoms with van der Waals surface area (Å²) in [6, 6.07) is 0. The van der Waals surface area contributed by atoms with Gasteiger partial charge >= 0.3 is 5.97 Å². The van der Waals surface area contributed by atoms with Gasteiger partial charge in [0.05, 0.1) is 0 Å². The van der Waals surface area contributed by atoms with E-state index >= 15 is 0 Å². The summed E-state index contributed by atoms with van der Waals surface area (Å²) in [6.07, 6.45) is 22.1. The molecule has 0 fully saturated rings. The Kier molecular flexibility index (Phi) is 21.4. The lowest BCUT2D eigenvalue weighted by Crippen LogP contribution is -2.16. The molecule has 0 aliphatic rings. The Morgan fingerprint density at radius 2 is 1.00 bits per heavy atom. The monoisotopic (exact) mass is 369 g/mol. The van der Waals surface area contributed by atoms with Gasteiger partial charge in [0.25, 0.3) is 0 Å². The zero-order valence-electron chi connectivity index (χ0n) is 17.0. The maximum Gasteiger partial charge on any atom is 0.303 e. The molecule has 154 valence electrons. The van der Waals surface area contributed by atoms with Crippen molar-refractivity contribution in [2.45, 2.75) is 116 Å². The highest BCUT2D eigenvalue weighted by molar-refractivity contribution is 5.66. The lowest BCUT2D eigenvalue weighted by Gasteiger charge is -2.05. The van der Waals surface area contributed by atoms with E-state index in [0.29, 0.717) is 6.42 Å². The third-order valence-corrected chi connectivity index (χ3v) is 4.92. The van der Waals surface area contributed by atoms with Crippen molar-refractivity contribution in [3.05, 3.63) is 0 Å². The van der Waals surface area contributed by atoms with Crippen molar-refractivity contribution in [3.8, 4) is 0 Å². The number of hydrogen-bond donors (Lipinski definition) is 2. The Morgan fingerprint density at radius 3 is 1.42 bits per heavy atom. The van der Waals surface area contributed by atoms with E-state index in [1.807, 2.05) is 0 Å². The number of aliphatic carboxylic acids is 1. The van der Waals surface area contributed by atoms with Gasteiger partial charge in [-0.2, -0.15) is 0 Å². The second-order valence-electron chi connectivity index (χ2n) is 7.51. The van der Waals surface area contributed by atoms with Crippen LogP contribution in [-0.4, -0.2) is 30.5 Å². The van der Waals surface area contributed by atoms with Crippen LogP contribution in [0, 0.1) is 0 Å². The molecule has 4 heteroatoms. The summed E-state index contributed by atoms with van der Waals surface area (Å²) in [5, 5.41) is 12.0. The van der Waals surface area contributed by atoms with Crippen LogP contribution in [-0.2, 0) is 9.59 Å². The summed E-state index contributed by atoms with van der Waals surface area (Å²) < 4.78 is 0. The van der Waals surface area contributed by atoms with Crippen LogP contribution < -0.4 is 5.32 Å². The average molecular weight is 370 g/mol. The molecular formula is C22H43NO3. The van der Waals surface area contributed by atoms with Gasteiger partial charge in [0.1, 0.15) is 6.29 Å². The molecule has 4 nitrogen and oxygen atoms in total. The fourth-order valence-corrected chi connectivity index (χ4v) is 3.25. The highest BCUT2D eigenvalue weighted by Crippen LogP contribution is 2.12. The van der Waals surface area contributed by atoms with Crippen LogP contribution in [0.1, 0.15) is 116 Å². The first-order valence-electron chi connectivity index (χ1n) is 11.1. The highest BCUT2D eigenvalue weighted by atomic mass is 16.4. The highest BCUT2D eigenvalue weighted by Gasteiger charge is 1.97. The second kappa shape index (κ2) is 22.1. The summed E-state index contributed by atoms with van der Waals surface area (Å²) >= 11 is 0. The van der Waals surface area contributed by atoms with Gasteiger partial charge in [-0.3, -0.25) is 4.79 Å². The fourth-order valence-electron chi connectivity index (χ4n) is 3.25. The van der Waals surface area contributed by atoms with E-state index in [9.17, 15) is 9.59 Å². The smallest absolute Gasteiger partial charge is 0.303 e. The molecule has 0 saturated heterocycles. The molecule has 0 aliphatic heterocycles. The van der Waals surface area contributed by atoms with Gasteiger partial charge in [0, 0.05) is 12.8 Å². The van der Waals surface area contributed by atoms with Crippen LogP contribution in [0.4, 0.5) is 0 Å². The van der Waals surface area contributed by atoms with Gasteiger partial charge in [-0.1, -0.05) is 77.0 Å². The van der Waals surface area contributed by atoms with Gasteiger partial charge in [-0.15, -0.1) is 0 Å². The number of carbonyl (C=O) groups excluding carboxylic acids is 1. The minimum atomic E-state index is -0.680. The Hall–Kier alpha value is -0.900. The largest absolute Gasteiger partial charge is 0.481 e. The van der Waals surface area contributed by atoms with Crippen LogP contribution >= 0.6 is 0 Å². The number of rotatable bonds is 22. The molecule has 0 atom stereocenters. The minimum Gasteiger partial charge on any atom is -0.481 e. The Labute approximate surface area is 161 Å². The number of hydrogen-bond acceptors (Lipinski definition) is 3. The molecule has 0 amide bonds. The van der Waals surface area contributed by atoms with Crippen LogP contribution in [0.2, 0.25) is 0 Å². The SMILES string of the molecule is O=CCCCCCCCCCCCCCCCNCCCCCC(=O)O. The standard InChI is InChI=1S/C22H43NO3/c24-21-17-12-10-8-6-4-2-1-3-5-7-9-11-15-19-23-20-16-13-14-18-22(25)26/h21,23H,1-20H2,(H,25,26).